The minimum Gasteiger partial charge on any atom is -0.338 e. The molecule has 19 heavy (non-hydrogen) atoms. The summed E-state index contributed by atoms with van der Waals surface area (Å²) in [4.78, 5) is 11.7. The van der Waals surface area contributed by atoms with Gasteiger partial charge in [0.2, 0.25) is 0 Å². The van der Waals surface area contributed by atoms with E-state index in [4.69, 9.17) is 0 Å². The molecule has 6 heteroatoms. The number of rotatable bonds is 3. The Balaban J connectivity index is 1.66. The normalized spacial score (nSPS) is 26.8. The Hall–Kier alpha value is -1.04. The number of allylic oxidation sites excluding steroid dienone is 1. The van der Waals surface area contributed by atoms with Crippen LogP contribution < -0.4 is 10.6 Å². The molecule has 0 aromatic rings. The fourth-order valence-corrected chi connectivity index (χ4v) is 4.12. The summed E-state index contributed by atoms with van der Waals surface area (Å²) >= 11 is 0. The van der Waals surface area contributed by atoms with E-state index in [-0.39, 0.29) is 29.5 Å². The van der Waals surface area contributed by atoms with Crippen molar-refractivity contribution in [3.63, 3.8) is 0 Å². The lowest BCUT2D eigenvalue weighted by Crippen LogP contribution is -2.44. The molecule has 0 saturated carbocycles. The zero-order valence-electron chi connectivity index (χ0n) is 11.1. The third-order valence-electron chi connectivity index (χ3n) is 3.80. The second-order valence-electron chi connectivity index (χ2n) is 5.42. The van der Waals surface area contributed by atoms with Gasteiger partial charge in [-0.25, -0.2) is 13.2 Å². The van der Waals surface area contributed by atoms with Crippen molar-refractivity contribution < 1.29 is 13.2 Å². The van der Waals surface area contributed by atoms with Crippen LogP contribution in [0.1, 0.15) is 32.1 Å². The lowest BCUT2D eigenvalue weighted by Gasteiger charge is -2.23. The number of urea groups is 1. The van der Waals surface area contributed by atoms with Crippen LogP contribution >= 0.6 is 0 Å². The van der Waals surface area contributed by atoms with Crippen molar-refractivity contribution in [2.75, 3.05) is 18.1 Å². The third kappa shape index (κ3) is 4.86. The second kappa shape index (κ2) is 6.41. The average Bonchev–Trinajstić information content (AvgIpc) is 2.39. The molecule has 0 aromatic carbocycles. The molecule has 0 radical (unpaired) electrons. The molecular formula is C13H22N2O3S. The number of hydrogen-bond acceptors (Lipinski definition) is 3. The number of hydrogen-bond donors (Lipinski definition) is 2. The molecule has 2 aliphatic rings. The van der Waals surface area contributed by atoms with Gasteiger partial charge in [-0.3, -0.25) is 0 Å². The van der Waals surface area contributed by atoms with Gasteiger partial charge in [-0.2, -0.15) is 0 Å². The molecule has 2 rings (SSSR count). The van der Waals surface area contributed by atoms with Gasteiger partial charge in [0.1, 0.15) is 9.84 Å². The monoisotopic (exact) mass is 286 g/mol. The highest BCUT2D eigenvalue weighted by Crippen LogP contribution is 2.17. The summed E-state index contributed by atoms with van der Waals surface area (Å²) in [5.41, 5.74) is 0. The maximum atomic E-state index is 11.7. The van der Waals surface area contributed by atoms with Crippen molar-refractivity contribution in [1.82, 2.24) is 10.6 Å². The summed E-state index contributed by atoms with van der Waals surface area (Å²) in [5.74, 6) is 0.801. The molecule has 108 valence electrons. The molecule has 1 saturated heterocycles. The second-order valence-corrected chi connectivity index (χ2v) is 7.72. The molecule has 2 N–H and O–H groups in total. The largest absolute Gasteiger partial charge is 0.338 e. The summed E-state index contributed by atoms with van der Waals surface area (Å²) in [7, 11) is -2.81. The van der Waals surface area contributed by atoms with Crippen LogP contribution in [0.3, 0.4) is 0 Å². The highest BCUT2D eigenvalue weighted by molar-refractivity contribution is 7.91. The summed E-state index contributed by atoms with van der Waals surface area (Å²) in [6, 6.07) is -0.00883. The van der Waals surface area contributed by atoms with Crippen LogP contribution in [0, 0.1) is 5.92 Å². The Kier molecular flexibility index (Phi) is 4.85. The van der Waals surface area contributed by atoms with Crippen molar-refractivity contribution in [1.29, 1.82) is 0 Å². The first-order valence-electron chi connectivity index (χ1n) is 6.96. The van der Waals surface area contributed by atoms with Gasteiger partial charge >= 0.3 is 6.03 Å². The van der Waals surface area contributed by atoms with Crippen LogP contribution in [-0.4, -0.2) is 38.5 Å². The van der Waals surface area contributed by atoms with E-state index in [0.717, 1.165) is 19.3 Å². The standard InChI is InChI=1S/C13H22N2O3S/c16-13(15-12-4-2-1-3-5-12)14-10-11-6-8-19(17,18)9-7-11/h2,4,11-12H,1,3,5-10H2,(H2,14,15,16)/t12-/m1/s1. The molecule has 1 aliphatic carbocycles. The maximum absolute atomic E-state index is 11.7. The molecule has 0 unspecified atom stereocenters. The quantitative estimate of drug-likeness (QED) is 0.766. The number of carbonyl (C=O) groups is 1. The fourth-order valence-electron chi connectivity index (χ4n) is 2.53. The van der Waals surface area contributed by atoms with E-state index in [1.807, 2.05) is 6.08 Å². The summed E-state index contributed by atoms with van der Waals surface area (Å²) < 4.78 is 22.6. The van der Waals surface area contributed by atoms with E-state index in [0.29, 0.717) is 19.4 Å². The zero-order chi connectivity index (χ0) is 13.7. The minimum absolute atomic E-state index is 0.139. The Bertz CT molecular complexity index is 431. The number of nitrogens with one attached hydrogen (secondary N) is 2. The van der Waals surface area contributed by atoms with Crippen LogP contribution in [0.25, 0.3) is 0 Å². The van der Waals surface area contributed by atoms with E-state index in [9.17, 15) is 13.2 Å². The van der Waals surface area contributed by atoms with Gasteiger partial charge in [0.15, 0.2) is 0 Å². The molecule has 0 bridgehead atoms. The lowest BCUT2D eigenvalue weighted by atomic mass is 10.0. The summed E-state index contributed by atoms with van der Waals surface area (Å²) in [6.45, 7) is 0.567. The van der Waals surface area contributed by atoms with Gasteiger partial charge in [0.05, 0.1) is 11.5 Å². The molecule has 1 fully saturated rings. The molecule has 5 nitrogen and oxygen atoms in total. The molecule has 1 aliphatic heterocycles. The van der Waals surface area contributed by atoms with Gasteiger partial charge in [-0.05, 0) is 38.0 Å². The predicted molar refractivity (Wildman–Crippen MR) is 74.7 cm³/mol. The van der Waals surface area contributed by atoms with Gasteiger partial charge in [0.25, 0.3) is 0 Å². The smallest absolute Gasteiger partial charge is 0.315 e. The number of carbonyl (C=O) groups excluding carboxylic acids is 1. The lowest BCUT2D eigenvalue weighted by molar-refractivity contribution is 0.235. The molecule has 2 amide bonds. The van der Waals surface area contributed by atoms with Crippen molar-refractivity contribution in [2.24, 2.45) is 5.92 Å². The van der Waals surface area contributed by atoms with Gasteiger partial charge in [0, 0.05) is 12.6 Å². The highest BCUT2D eigenvalue weighted by atomic mass is 32.2. The van der Waals surface area contributed by atoms with Crippen molar-refractivity contribution in [3.05, 3.63) is 12.2 Å². The van der Waals surface area contributed by atoms with Crippen LogP contribution in [0.2, 0.25) is 0 Å². The average molecular weight is 286 g/mol. The minimum atomic E-state index is -2.81. The summed E-state index contributed by atoms with van der Waals surface area (Å²) in [5, 5.41) is 5.77. The van der Waals surface area contributed by atoms with E-state index >= 15 is 0 Å². The Morgan fingerprint density at radius 2 is 1.95 bits per heavy atom. The van der Waals surface area contributed by atoms with E-state index < -0.39 is 9.84 Å². The number of amides is 2. The third-order valence-corrected chi connectivity index (χ3v) is 5.51. The Morgan fingerprint density at radius 3 is 2.58 bits per heavy atom. The van der Waals surface area contributed by atoms with E-state index in [2.05, 4.69) is 16.7 Å². The SMILES string of the molecule is O=C(NCC1CCS(=O)(=O)CC1)N[C@@H]1C=CCCC1. The van der Waals surface area contributed by atoms with Gasteiger partial charge in [-0.15, -0.1) is 0 Å². The van der Waals surface area contributed by atoms with Crippen LogP contribution in [0.15, 0.2) is 12.2 Å². The van der Waals surface area contributed by atoms with Gasteiger partial charge < -0.3 is 10.6 Å². The first kappa shape index (κ1) is 14.4. The zero-order valence-corrected chi connectivity index (χ0v) is 11.9. The van der Waals surface area contributed by atoms with E-state index in [1.165, 1.54) is 0 Å². The molecule has 0 spiro atoms. The first-order chi connectivity index (χ1) is 9.05. The molecule has 0 aromatic heterocycles. The highest BCUT2D eigenvalue weighted by Gasteiger charge is 2.23. The van der Waals surface area contributed by atoms with Crippen LogP contribution in [-0.2, 0) is 9.84 Å². The Morgan fingerprint density at radius 1 is 1.21 bits per heavy atom. The molecule has 1 heterocycles. The van der Waals surface area contributed by atoms with Crippen molar-refractivity contribution in [2.45, 2.75) is 38.1 Å². The van der Waals surface area contributed by atoms with Crippen molar-refractivity contribution >= 4 is 15.9 Å². The topological polar surface area (TPSA) is 75.3 Å². The van der Waals surface area contributed by atoms with Crippen LogP contribution in [0.5, 0.6) is 0 Å². The number of sulfone groups is 1. The Labute approximate surface area is 114 Å². The molecular weight excluding hydrogens is 264 g/mol. The van der Waals surface area contributed by atoms with Gasteiger partial charge in [-0.1, -0.05) is 12.2 Å². The fraction of sp³-hybridized carbons (Fsp3) is 0.769. The van der Waals surface area contributed by atoms with Crippen molar-refractivity contribution in [3.8, 4) is 0 Å². The summed E-state index contributed by atoms with van der Waals surface area (Å²) in [6.07, 6.45) is 8.65. The first-order valence-corrected chi connectivity index (χ1v) is 8.79. The molecule has 1 atom stereocenters. The van der Waals surface area contributed by atoms with E-state index in [1.54, 1.807) is 0 Å². The van der Waals surface area contributed by atoms with Crippen LogP contribution in [0.4, 0.5) is 4.79 Å². The maximum Gasteiger partial charge on any atom is 0.315 e. The predicted octanol–water partition coefficient (Wildman–Crippen LogP) is 1.22.